The van der Waals surface area contributed by atoms with Gasteiger partial charge in [-0.05, 0) is 24.3 Å². The fourth-order valence-electron chi connectivity index (χ4n) is 1.44. The van der Waals surface area contributed by atoms with Crippen molar-refractivity contribution in [3.05, 3.63) is 59.4 Å². The SMILES string of the molecule is Fc1ccc(Oc2cccc(F)c2CBr)c(F)c1. The van der Waals surface area contributed by atoms with Crippen LogP contribution in [0, 0.1) is 17.5 Å². The molecular weight excluding hydrogens is 309 g/mol. The fourth-order valence-corrected chi connectivity index (χ4v) is 1.98. The number of rotatable bonds is 3. The summed E-state index contributed by atoms with van der Waals surface area (Å²) in [5.41, 5.74) is 0.279. The number of ether oxygens (including phenoxy) is 1. The Labute approximate surface area is 110 Å². The number of benzene rings is 2. The molecule has 0 heterocycles. The predicted molar refractivity (Wildman–Crippen MR) is 65.5 cm³/mol. The molecule has 94 valence electrons. The van der Waals surface area contributed by atoms with E-state index in [4.69, 9.17) is 4.74 Å². The van der Waals surface area contributed by atoms with E-state index in [1.54, 1.807) is 0 Å². The van der Waals surface area contributed by atoms with E-state index in [9.17, 15) is 13.2 Å². The van der Waals surface area contributed by atoms with Gasteiger partial charge in [0.25, 0.3) is 0 Å². The Hall–Kier alpha value is -1.49. The zero-order valence-corrected chi connectivity index (χ0v) is 10.7. The first-order valence-electron chi connectivity index (χ1n) is 5.08. The predicted octanol–water partition coefficient (Wildman–Crippen LogP) is 4.79. The Morgan fingerprint density at radius 1 is 0.944 bits per heavy atom. The molecule has 0 aliphatic carbocycles. The zero-order valence-electron chi connectivity index (χ0n) is 9.09. The van der Waals surface area contributed by atoms with Gasteiger partial charge in [-0.2, -0.15) is 0 Å². The van der Waals surface area contributed by atoms with Crippen LogP contribution >= 0.6 is 15.9 Å². The van der Waals surface area contributed by atoms with E-state index in [2.05, 4.69) is 15.9 Å². The standard InChI is InChI=1S/C13H8BrF3O/c14-7-9-10(16)2-1-3-12(9)18-13-5-4-8(15)6-11(13)17/h1-6H,7H2. The molecule has 0 unspecified atom stereocenters. The highest BCUT2D eigenvalue weighted by atomic mass is 79.9. The second-order valence-corrected chi connectivity index (χ2v) is 4.09. The Bertz CT molecular complexity index is 572. The van der Waals surface area contributed by atoms with Gasteiger partial charge in [-0.25, -0.2) is 13.2 Å². The van der Waals surface area contributed by atoms with Crippen molar-refractivity contribution < 1.29 is 17.9 Å². The lowest BCUT2D eigenvalue weighted by Crippen LogP contribution is -1.95. The summed E-state index contributed by atoms with van der Waals surface area (Å²) in [6.45, 7) is 0. The van der Waals surface area contributed by atoms with Gasteiger partial charge in [0.15, 0.2) is 11.6 Å². The smallest absolute Gasteiger partial charge is 0.168 e. The van der Waals surface area contributed by atoms with Gasteiger partial charge in [0.1, 0.15) is 17.4 Å². The summed E-state index contributed by atoms with van der Waals surface area (Å²) in [7, 11) is 0. The lowest BCUT2D eigenvalue weighted by atomic mass is 10.2. The van der Waals surface area contributed by atoms with Crippen molar-refractivity contribution in [1.29, 1.82) is 0 Å². The van der Waals surface area contributed by atoms with Crippen LogP contribution in [-0.2, 0) is 5.33 Å². The van der Waals surface area contributed by atoms with Crippen LogP contribution in [-0.4, -0.2) is 0 Å². The van der Waals surface area contributed by atoms with Crippen LogP contribution in [0.25, 0.3) is 0 Å². The van der Waals surface area contributed by atoms with Gasteiger partial charge >= 0.3 is 0 Å². The summed E-state index contributed by atoms with van der Waals surface area (Å²) >= 11 is 3.13. The lowest BCUT2D eigenvalue weighted by Gasteiger charge is -2.10. The Kier molecular flexibility index (Phi) is 3.91. The van der Waals surface area contributed by atoms with E-state index in [1.165, 1.54) is 18.2 Å². The molecule has 18 heavy (non-hydrogen) atoms. The van der Waals surface area contributed by atoms with Crippen LogP contribution in [0.1, 0.15) is 5.56 Å². The third kappa shape index (κ3) is 2.67. The van der Waals surface area contributed by atoms with Crippen LogP contribution in [0.5, 0.6) is 11.5 Å². The third-order valence-corrected chi connectivity index (χ3v) is 2.88. The first-order valence-corrected chi connectivity index (χ1v) is 6.20. The van der Waals surface area contributed by atoms with Crippen molar-refractivity contribution in [3.8, 4) is 11.5 Å². The van der Waals surface area contributed by atoms with Gasteiger partial charge < -0.3 is 4.74 Å². The summed E-state index contributed by atoms with van der Waals surface area (Å²) in [5.74, 6) is -1.94. The van der Waals surface area contributed by atoms with Crippen LogP contribution in [0.3, 0.4) is 0 Å². The molecule has 0 atom stereocenters. The number of alkyl halides is 1. The van der Waals surface area contributed by atoms with E-state index >= 15 is 0 Å². The van der Waals surface area contributed by atoms with Crippen LogP contribution in [0.2, 0.25) is 0 Å². The highest BCUT2D eigenvalue weighted by Gasteiger charge is 2.12. The van der Waals surface area contributed by atoms with Crippen LogP contribution in [0.15, 0.2) is 36.4 Å². The minimum atomic E-state index is -0.834. The van der Waals surface area contributed by atoms with E-state index in [0.29, 0.717) is 6.07 Å². The zero-order chi connectivity index (χ0) is 13.1. The number of hydrogen-bond acceptors (Lipinski definition) is 1. The molecule has 0 saturated carbocycles. The molecule has 0 aliphatic rings. The van der Waals surface area contributed by atoms with Crippen molar-refractivity contribution >= 4 is 15.9 Å². The summed E-state index contributed by atoms with van der Waals surface area (Å²) in [6, 6.07) is 7.20. The highest BCUT2D eigenvalue weighted by Crippen LogP contribution is 2.30. The van der Waals surface area contributed by atoms with Gasteiger partial charge in [-0.3, -0.25) is 0 Å². The normalized spacial score (nSPS) is 10.4. The molecule has 0 radical (unpaired) electrons. The summed E-state index contributed by atoms with van der Waals surface area (Å²) in [5, 5.41) is 0.234. The van der Waals surface area contributed by atoms with E-state index in [1.807, 2.05) is 0 Å². The third-order valence-electron chi connectivity index (χ3n) is 2.32. The molecule has 1 nitrogen and oxygen atoms in total. The van der Waals surface area contributed by atoms with Crippen molar-refractivity contribution in [2.24, 2.45) is 0 Å². The Morgan fingerprint density at radius 2 is 1.72 bits per heavy atom. The number of hydrogen-bond donors (Lipinski definition) is 0. The molecule has 0 N–H and O–H groups in total. The van der Waals surface area contributed by atoms with Gasteiger partial charge in [-0.15, -0.1) is 0 Å². The number of halogens is 4. The minimum absolute atomic E-state index is 0.149. The van der Waals surface area contributed by atoms with E-state index in [0.717, 1.165) is 12.1 Å². The summed E-state index contributed by atoms with van der Waals surface area (Å²) < 4.78 is 44.8. The second-order valence-electron chi connectivity index (χ2n) is 3.53. The van der Waals surface area contributed by atoms with E-state index < -0.39 is 17.5 Å². The minimum Gasteiger partial charge on any atom is -0.454 e. The maximum absolute atomic E-state index is 13.5. The quantitative estimate of drug-likeness (QED) is 0.740. The fraction of sp³-hybridized carbons (Fsp3) is 0.0769. The molecular formula is C13H8BrF3O. The van der Waals surface area contributed by atoms with Crippen molar-refractivity contribution in [2.45, 2.75) is 5.33 Å². The van der Waals surface area contributed by atoms with Crippen molar-refractivity contribution in [1.82, 2.24) is 0 Å². The molecule has 2 rings (SSSR count). The maximum atomic E-state index is 13.5. The summed E-state index contributed by atoms with van der Waals surface area (Å²) in [4.78, 5) is 0. The molecule has 0 aliphatic heterocycles. The molecule has 2 aromatic carbocycles. The average Bonchev–Trinajstić information content (AvgIpc) is 2.33. The molecule has 0 bridgehead atoms. The first-order chi connectivity index (χ1) is 8.61. The Morgan fingerprint density at radius 3 is 2.39 bits per heavy atom. The van der Waals surface area contributed by atoms with E-state index in [-0.39, 0.29) is 22.4 Å². The lowest BCUT2D eigenvalue weighted by molar-refractivity contribution is 0.430. The Balaban J connectivity index is 2.37. The molecule has 0 fully saturated rings. The van der Waals surface area contributed by atoms with Gasteiger partial charge in [0.05, 0.1) is 0 Å². The molecule has 0 amide bonds. The molecule has 2 aromatic rings. The van der Waals surface area contributed by atoms with Gasteiger partial charge in [-0.1, -0.05) is 22.0 Å². The maximum Gasteiger partial charge on any atom is 0.168 e. The molecule has 0 aromatic heterocycles. The summed E-state index contributed by atoms with van der Waals surface area (Å²) in [6.07, 6.45) is 0. The topological polar surface area (TPSA) is 9.23 Å². The largest absolute Gasteiger partial charge is 0.454 e. The van der Waals surface area contributed by atoms with Crippen LogP contribution < -0.4 is 4.74 Å². The second kappa shape index (κ2) is 5.44. The van der Waals surface area contributed by atoms with Crippen molar-refractivity contribution in [3.63, 3.8) is 0 Å². The molecule has 0 spiro atoms. The monoisotopic (exact) mass is 316 g/mol. The molecule has 0 saturated heterocycles. The average molecular weight is 317 g/mol. The molecule has 5 heteroatoms. The highest BCUT2D eigenvalue weighted by molar-refractivity contribution is 9.08. The van der Waals surface area contributed by atoms with Gasteiger partial charge in [0.2, 0.25) is 0 Å². The van der Waals surface area contributed by atoms with Crippen LogP contribution in [0.4, 0.5) is 13.2 Å². The first kappa shape index (κ1) is 13.0. The van der Waals surface area contributed by atoms with Gasteiger partial charge in [0, 0.05) is 17.0 Å². The van der Waals surface area contributed by atoms with Crippen molar-refractivity contribution in [2.75, 3.05) is 0 Å².